The molecular weight excluding hydrogens is 238 g/mol. The molecule has 1 atom stereocenters. The predicted octanol–water partition coefficient (Wildman–Crippen LogP) is 2.94. The van der Waals surface area contributed by atoms with Gasteiger partial charge in [0.1, 0.15) is 0 Å². The first-order valence-electron chi connectivity index (χ1n) is 5.95. The van der Waals surface area contributed by atoms with Crippen LogP contribution >= 0.6 is 11.6 Å². The number of nitrogens with one attached hydrogen (secondary N) is 1. The fourth-order valence-corrected chi connectivity index (χ4v) is 1.89. The number of halogens is 1. The van der Waals surface area contributed by atoms with E-state index in [1.54, 1.807) is 12.3 Å². The number of aromatic nitrogens is 2. The summed E-state index contributed by atoms with van der Waals surface area (Å²) in [5, 5.41) is 3.21. The van der Waals surface area contributed by atoms with Crippen molar-refractivity contribution in [2.45, 2.75) is 32.6 Å². The zero-order valence-corrected chi connectivity index (χ0v) is 11.4. The Morgan fingerprint density at radius 1 is 1.47 bits per heavy atom. The molecule has 4 nitrogen and oxygen atoms in total. The highest BCUT2D eigenvalue weighted by molar-refractivity contribution is 6.20. The van der Waals surface area contributed by atoms with Crippen molar-refractivity contribution in [3.8, 4) is 5.88 Å². The van der Waals surface area contributed by atoms with Gasteiger partial charge in [-0.15, -0.1) is 11.6 Å². The summed E-state index contributed by atoms with van der Waals surface area (Å²) >= 11 is 6.18. The van der Waals surface area contributed by atoms with E-state index >= 15 is 0 Å². The Balaban J connectivity index is 2.43. The SMILES string of the molecule is CCOc1ccnc(NCC(Cl)CC(C)C)n1. The lowest BCUT2D eigenvalue weighted by Crippen LogP contribution is -2.17. The highest BCUT2D eigenvalue weighted by Crippen LogP contribution is 2.12. The van der Waals surface area contributed by atoms with Crippen LogP contribution in [0, 0.1) is 5.92 Å². The van der Waals surface area contributed by atoms with Gasteiger partial charge in [0, 0.05) is 18.8 Å². The monoisotopic (exact) mass is 257 g/mol. The molecular formula is C12H20ClN3O. The Hall–Kier alpha value is -1.03. The van der Waals surface area contributed by atoms with Gasteiger partial charge >= 0.3 is 0 Å². The molecule has 0 amide bonds. The molecule has 0 radical (unpaired) electrons. The van der Waals surface area contributed by atoms with Crippen molar-refractivity contribution in [2.75, 3.05) is 18.5 Å². The lowest BCUT2D eigenvalue weighted by atomic mass is 10.1. The van der Waals surface area contributed by atoms with E-state index in [0.29, 0.717) is 30.9 Å². The molecule has 0 saturated heterocycles. The van der Waals surface area contributed by atoms with Crippen molar-refractivity contribution in [1.82, 2.24) is 9.97 Å². The third-order valence-corrected chi connectivity index (χ3v) is 2.46. The van der Waals surface area contributed by atoms with Crippen LogP contribution < -0.4 is 10.1 Å². The number of anilines is 1. The third kappa shape index (κ3) is 5.73. The van der Waals surface area contributed by atoms with E-state index in [1.165, 1.54) is 0 Å². The van der Waals surface area contributed by atoms with Crippen LogP contribution in [0.25, 0.3) is 0 Å². The molecule has 0 aromatic carbocycles. The minimum atomic E-state index is 0.0920. The van der Waals surface area contributed by atoms with E-state index in [9.17, 15) is 0 Å². The summed E-state index contributed by atoms with van der Waals surface area (Å²) in [5.41, 5.74) is 0. The third-order valence-electron chi connectivity index (χ3n) is 2.13. The Morgan fingerprint density at radius 3 is 2.88 bits per heavy atom. The summed E-state index contributed by atoms with van der Waals surface area (Å²) < 4.78 is 5.29. The molecule has 96 valence electrons. The summed E-state index contributed by atoms with van der Waals surface area (Å²) in [6.45, 7) is 7.49. The normalized spacial score (nSPS) is 12.5. The van der Waals surface area contributed by atoms with Gasteiger partial charge in [-0.05, 0) is 19.3 Å². The van der Waals surface area contributed by atoms with Gasteiger partial charge in [-0.1, -0.05) is 13.8 Å². The van der Waals surface area contributed by atoms with Crippen molar-refractivity contribution in [2.24, 2.45) is 5.92 Å². The van der Waals surface area contributed by atoms with Crippen molar-refractivity contribution in [3.05, 3.63) is 12.3 Å². The molecule has 0 spiro atoms. The summed E-state index contributed by atoms with van der Waals surface area (Å²) in [6.07, 6.45) is 2.64. The van der Waals surface area contributed by atoms with Crippen LogP contribution in [0.4, 0.5) is 5.95 Å². The summed E-state index contributed by atoms with van der Waals surface area (Å²) in [7, 11) is 0. The molecule has 0 aliphatic carbocycles. The number of rotatable bonds is 7. The minimum absolute atomic E-state index is 0.0920. The molecule has 1 aromatic rings. The van der Waals surface area contributed by atoms with Crippen LogP contribution in [0.15, 0.2) is 12.3 Å². The molecule has 1 N–H and O–H groups in total. The molecule has 1 aromatic heterocycles. The molecule has 1 heterocycles. The van der Waals surface area contributed by atoms with Crippen molar-refractivity contribution in [3.63, 3.8) is 0 Å². The molecule has 0 bridgehead atoms. The second kappa shape index (κ2) is 7.33. The second-order valence-electron chi connectivity index (χ2n) is 4.26. The van der Waals surface area contributed by atoms with Gasteiger partial charge in [0.25, 0.3) is 0 Å². The van der Waals surface area contributed by atoms with E-state index in [4.69, 9.17) is 16.3 Å². The molecule has 0 saturated carbocycles. The fraction of sp³-hybridized carbons (Fsp3) is 0.667. The van der Waals surface area contributed by atoms with E-state index in [-0.39, 0.29) is 5.38 Å². The number of ether oxygens (including phenoxy) is 1. The molecule has 0 fully saturated rings. The van der Waals surface area contributed by atoms with Gasteiger partial charge in [0.15, 0.2) is 0 Å². The summed E-state index contributed by atoms with van der Waals surface area (Å²) in [4.78, 5) is 8.32. The average molecular weight is 258 g/mol. The van der Waals surface area contributed by atoms with E-state index in [2.05, 4.69) is 29.1 Å². The Kier molecular flexibility index (Phi) is 6.05. The lowest BCUT2D eigenvalue weighted by molar-refractivity contribution is 0.326. The van der Waals surface area contributed by atoms with Crippen LogP contribution in [0.1, 0.15) is 27.2 Å². The Labute approximate surface area is 108 Å². The first-order chi connectivity index (χ1) is 8.11. The maximum absolute atomic E-state index is 6.18. The van der Waals surface area contributed by atoms with Gasteiger partial charge in [-0.2, -0.15) is 4.98 Å². The van der Waals surface area contributed by atoms with Gasteiger partial charge in [-0.3, -0.25) is 0 Å². The predicted molar refractivity (Wildman–Crippen MR) is 70.8 cm³/mol. The maximum atomic E-state index is 6.18. The van der Waals surface area contributed by atoms with Crippen LogP contribution in [0.2, 0.25) is 0 Å². The number of hydrogen-bond acceptors (Lipinski definition) is 4. The highest BCUT2D eigenvalue weighted by Gasteiger charge is 2.08. The van der Waals surface area contributed by atoms with Crippen LogP contribution in [0.5, 0.6) is 5.88 Å². The number of hydrogen-bond donors (Lipinski definition) is 1. The van der Waals surface area contributed by atoms with E-state index in [1.807, 2.05) is 6.92 Å². The van der Waals surface area contributed by atoms with Crippen molar-refractivity contribution < 1.29 is 4.74 Å². The number of nitrogens with zero attached hydrogens (tertiary/aromatic N) is 2. The first-order valence-corrected chi connectivity index (χ1v) is 6.39. The van der Waals surface area contributed by atoms with Gasteiger partial charge in [-0.25, -0.2) is 4.98 Å². The largest absolute Gasteiger partial charge is 0.478 e. The van der Waals surface area contributed by atoms with Gasteiger partial charge in [0.2, 0.25) is 11.8 Å². The maximum Gasteiger partial charge on any atom is 0.225 e. The summed E-state index contributed by atoms with van der Waals surface area (Å²) in [6, 6.07) is 1.74. The average Bonchev–Trinajstić information content (AvgIpc) is 2.26. The van der Waals surface area contributed by atoms with E-state index < -0.39 is 0 Å². The lowest BCUT2D eigenvalue weighted by Gasteiger charge is -2.13. The minimum Gasteiger partial charge on any atom is -0.478 e. The summed E-state index contributed by atoms with van der Waals surface area (Å²) in [5.74, 6) is 1.74. The quantitative estimate of drug-likeness (QED) is 0.763. The zero-order chi connectivity index (χ0) is 12.7. The first kappa shape index (κ1) is 14.0. The molecule has 0 aliphatic heterocycles. The molecule has 5 heteroatoms. The Bertz CT molecular complexity index is 333. The molecule has 1 unspecified atom stereocenters. The highest BCUT2D eigenvalue weighted by atomic mass is 35.5. The number of alkyl halides is 1. The smallest absolute Gasteiger partial charge is 0.225 e. The van der Waals surface area contributed by atoms with Crippen molar-refractivity contribution >= 4 is 17.5 Å². The van der Waals surface area contributed by atoms with E-state index in [0.717, 1.165) is 6.42 Å². The van der Waals surface area contributed by atoms with Crippen LogP contribution in [-0.2, 0) is 0 Å². The van der Waals surface area contributed by atoms with Gasteiger partial charge in [0.05, 0.1) is 12.0 Å². The van der Waals surface area contributed by atoms with Crippen LogP contribution in [0.3, 0.4) is 0 Å². The van der Waals surface area contributed by atoms with Crippen molar-refractivity contribution in [1.29, 1.82) is 0 Å². The molecule has 17 heavy (non-hydrogen) atoms. The zero-order valence-electron chi connectivity index (χ0n) is 10.6. The standard InChI is InChI=1S/C12H20ClN3O/c1-4-17-11-5-6-14-12(16-11)15-8-10(13)7-9(2)3/h5-6,9-10H,4,7-8H2,1-3H3,(H,14,15,16). The molecule has 1 rings (SSSR count). The van der Waals surface area contributed by atoms with Gasteiger partial charge < -0.3 is 10.1 Å². The second-order valence-corrected chi connectivity index (χ2v) is 4.88. The van der Waals surface area contributed by atoms with Crippen LogP contribution in [-0.4, -0.2) is 28.5 Å². The fourth-order valence-electron chi connectivity index (χ4n) is 1.45. The topological polar surface area (TPSA) is 47.0 Å². The Morgan fingerprint density at radius 2 is 2.24 bits per heavy atom. The molecule has 0 aliphatic rings.